The number of hydrogen-bond acceptors (Lipinski definition) is 4. The molecule has 1 fully saturated rings. The van der Waals surface area contributed by atoms with Crippen LogP contribution in [0.4, 0.5) is 5.69 Å². The molecule has 0 amide bonds. The second kappa shape index (κ2) is 8.37. The smallest absolute Gasteiger partial charge is 0.119 e. The summed E-state index contributed by atoms with van der Waals surface area (Å²) in [4.78, 5) is 4.73. The van der Waals surface area contributed by atoms with Crippen LogP contribution in [0.3, 0.4) is 0 Å². The van der Waals surface area contributed by atoms with Crippen molar-refractivity contribution >= 4 is 5.69 Å². The fourth-order valence-corrected chi connectivity index (χ4v) is 3.19. The summed E-state index contributed by atoms with van der Waals surface area (Å²) in [5.74, 6) is 0.814. The van der Waals surface area contributed by atoms with Crippen molar-refractivity contribution in [1.82, 2.24) is 4.90 Å². The molecule has 2 aromatic rings. The van der Waals surface area contributed by atoms with Crippen molar-refractivity contribution in [2.24, 2.45) is 0 Å². The third kappa shape index (κ3) is 5.21. The SMILES string of the molecule is Cc1ccc(OC[C@@H](O)CN2CCN(c3cccc(C)c3)CC2)cc1. The number of β-amino-alcohol motifs (C(OH)–C–C–N with tert-alkyl or cyclic N) is 1. The van der Waals surface area contributed by atoms with Gasteiger partial charge in [-0.15, -0.1) is 0 Å². The van der Waals surface area contributed by atoms with Crippen LogP contribution in [0, 0.1) is 13.8 Å². The zero-order valence-corrected chi connectivity index (χ0v) is 15.2. The molecule has 0 aromatic heterocycles. The molecule has 1 saturated heterocycles. The molecule has 0 saturated carbocycles. The summed E-state index contributed by atoms with van der Waals surface area (Å²) >= 11 is 0. The van der Waals surface area contributed by atoms with Crippen molar-refractivity contribution < 1.29 is 9.84 Å². The van der Waals surface area contributed by atoms with E-state index in [1.165, 1.54) is 16.8 Å². The number of anilines is 1. The number of aryl methyl sites for hydroxylation is 2. The predicted octanol–water partition coefficient (Wildman–Crippen LogP) is 2.87. The molecular weight excluding hydrogens is 312 g/mol. The van der Waals surface area contributed by atoms with Gasteiger partial charge in [0.15, 0.2) is 0 Å². The molecule has 4 nitrogen and oxygen atoms in total. The summed E-state index contributed by atoms with van der Waals surface area (Å²) in [6, 6.07) is 16.6. The van der Waals surface area contributed by atoms with Gasteiger partial charge >= 0.3 is 0 Å². The summed E-state index contributed by atoms with van der Waals surface area (Å²) in [6.45, 7) is 9.10. The second-order valence-electron chi connectivity index (χ2n) is 6.90. The van der Waals surface area contributed by atoms with E-state index in [9.17, 15) is 5.11 Å². The highest BCUT2D eigenvalue weighted by molar-refractivity contribution is 5.48. The lowest BCUT2D eigenvalue weighted by Crippen LogP contribution is -2.49. The van der Waals surface area contributed by atoms with Crippen LogP contribution in [0.25, 0.3) is 0 Å². The van der Waals surface area contributed by atoms with E-state index in [2.05, 4.69) is 47.9 Å². The molecular formula is C21H28N2O2. The maximum absolute atomic E-state index is 10.3. The third-order valence-corrected chi connectivity index (χ3v) is 4.67. The maximum atomic E-state index is 10.3. The summed E-state index contributed by atoms with van der Waals surface area (Å²) in [7, 11) is 0. The Balaban J connectivity index is 1.41. The van der Waals surface area contributed by atoms with Crippen molar-refractivity contribution in [3.8, 4) is 5.75 Å². The highest BCUT2D eigenvalue weighted by Gasteiger charge is 2.19. The molecule has 1 aliphatic rings. The Hall–Kier alpha value is -2.04. The van der Waals surface area contributed by atoms with E-state index < -0.39 is 6.10 Å². The topological polar surface area (TPSA) is 35.9 Å². The van der Waals surface area contributed by atoms with Crippen LogP contribution in [-0.4, -0.2) is 55.4 Å². The highest BCUT2D eigenvalue weighted by Crippen LogP contribution is 2.18. The summed E-state index contributed by atoms with van der Waals surface area (Å²) in [5.41, 5.74) is 3.80. The molecule has 2 aromatic carbocycles. The zero-order valence-electron chi connectivity index (χ0n) is 15.2. The van der Waals surface area contributed by atoms with Gasteiger partial charge in [0.1, 0.15) is 18.5 Å². The average molecular weight is 340 g/mol. The third-order valence-electron chi connectivity index (χ3n) is 4.67. The fourth-order valence-electron chi connectivity index (χ4n) is 3.19. The number of benzene rings is 2. The Morgan fingerprint density at radius 1 is 0.960 bits per heavy atom. The zero-order chi connectivity index (χ0) is 17.6. The number of piperazine rings is 1. The number of hydrogen-bond donors (Lipinski definition) is 1. The Kier molecular flexibility index (Phi) is 5.95. The first kappa shape index (κ1) is 17.8. The van der Waals surface area contributed by atoms with E-state index in [1.54, 1.807) is 0 Å². The first-order chi connectivity index (χ1) is 12.1. The van der Waals surface area contributed by atoms with E-state index in [0.717, 1.165) is 31.9 Å². The number of aliphatic hydroxyl groups excluding tert-OH is 1. The summed E-state index contributed by atoms with van der Waals surface area (Å²) < 4.78 is 5.68. The molecule has 1 atom stereocenters. The first-order valence-corrected chi connectivity index (χ1v) is 9.01. The number of nitrogens with zero attached hydrogens (tertiary/aromatic N) is 2. The van der Waals surface area contributed by atoms with Gasteiger partial charge in [0.05, 0.1) is 0 Å². The minimum absolute atomic E-state index is 0.334. The van der Waals surface area contributed by atoms with Crippen molar-refractivity contribution in [1.29, 1.82) is 0 Å². The van der Waals surface area contributed by atoms with Crippen molar-refractivity contribution in [2.45, 2.75) is 20.0 Å². The molecule has 1 aliphatic heterocycles. The van der Waals surface area contributed by atoms with Crippen molar-refractivity contribution in [2.75, 3.05) is 44.2 Å². The predicted molar refractivity (Wildman–Crippen MR) is 103 cm³/mol. The first-order valence-electron chi connectivity index (χ1n) is 9.01. The summed E-state index contributed by atoms with van der Waals surface area (Å²) in [6.07, 6.45) is -0.466. The largest absolute Gasteiger partial charge is 0.491 e. The van der Waals surface area contributed by atoms with Crippen LogP contribution in [0.2, 0.25) is 0 Å². The van der Waals surface area contributed by atoms with Gasteiger partial charge in [-0.1, -0.05) is 29.8 Å². The quantitative estimate of drug-likeness (QED) is 0.877. The molecule has 4 heteroatoms. The van der Waals surface area contributed by atoms with Crippen LogP contribution >= 0.6 is 0 Å². The molecule has 0 unspecified atom stereocenters. The van der Waals surface area contributed by atoms with Gasteiger partial charge in [-0.2, -0.15) is 0 Å². The number of rotatable bonds is 6. The molecule has 1 heterocycles. The number of aliphatic hydroxyl groups is 1. The van der Waals surface area contributed by atoms with Crippen LogP contribution in [0.1, 0.15) is 11.1 Å². The fraction of sp³-hybridized carbons (Fsp3) is 0.429. The second-order valence-corrected chi connectivity index (χ2v) is 6.90. The van der Waals surface area contributed by atoms with Gasteiger partial charge in [-0.25, -0.2) is 0 Å². The van der Waals surface area contributed by atoms with Gasteiger partial charge in [0.2, 0.25) is 0 Å². The van der Waals surface area contributed by atoms with E-state index in [1.807, 2.05) is 24.3 Å². The van der Waals surface area contributed by atoms with E-state index >= 15 is 0 Å². The van der Waals surface area contributed by atoms with Gasteiger partial charge in [0, 0.05) is 38.4 Å². The normalized spacial score (nSPS) is 16.7. The van der Waals surface area contributed by atoms with Crippen LogP contribution in [0.5, 0.6) is 5.75 Å². The van der Waals surface area contributed by atoms with E-state index in [-0.39, 0.29) is 0 Å². The summed E-state index contributed by atoms with van der Waals surface area (Å²) in [5, 5.41) is 10.3. The van der Waals surface area contributed by atoms with Gasteiger partial charge in [0.25, 0.3) is 0 Å². The Bertz CT molecular complexity index is 664. The number of ether oxygens (including phenoxy) is 1. The highest BCUT2D eigenvalue weighted by atomic mass is 16.5. The average Bonchev–Trinajstić information content (AvgIpc) is 2.62. The lowest BCUT2D eigenvalue weighted by Gasteiger charge is -2.37. The van der Waals surface area contributed by atoms with Crippen LogP contribution in [-0.2, 0) is 0 Å². The Morgan fingerprint density at radius 2 is 1.68 bits per heavy atom. The Morgan fingerprint density at radius 3 is 2.36 bits per heavy atom. The van der Waals surface area contributed by atoms with Crippen LogP contribution < -0.4 is 9.64 Å². The minimum Gasteiger partial charge on any atom is -0.491 e. The minimum atomic E-state index is -0.466. The van der Waals surface area contributed by atoms with E-state index in [0.29, 0.717) is 13.2 Å². The standard InChI is InChI=1S/C21H28N2O2/c1-17-6-8-21(9-7-17)25-16-20(24)15-22-10-12-23(13-11-22)19-5-3-4-18(2)14-19/h3-9,14,20,24H,10-13,15-16H2,1-2H3/t20-/m0/s1. The molecule has 0 spiro atoms. The van der Waals surface area contributed by atoms with Crippen molar-refractivity contribution in [3.05, 3.63) is 59.7 Å². The molecule has 0 aliphatic carbocycles. The lowest BCUT2D eigenvalue weighted by atomic mass is 10.2. The van der Waals surface area contributed by atoms with Crippen LogP contribution in [0.15, 0.2) is 48.5 Å². The lowest BCUT2D eigenvalue weighted by molar-refractivity contribution is 0.0663. The van der Waals surface area contributed by atoms with Gasteiger partial charge in [-0.3, -0.25) is 4.90 Å². The monoisotopic (exact) mass is 340 g/mol. The van der Waals surface area contributed by atoms with Gasteiger partial charge < -0.3 is 14.7 Å². The molecule has 134 valence electrons. The molecule has 1 N–H and O–H groups in total. The van der Waals surface area contributed by atoms with E-state index in [4.69, 9.17) is 4.74 Å². The molecule has 0 radical (unpaired) electrons. The Labute approximate surface area is 150 Å². The van der Waals surface area contributed by atoms with Crippen molar-refractivity contribution in [3.63, 3.8) is 0 Å². The molecule has 0 bridgehead atoms. The maximum Gasteiger partial charge on any atom is 0.119 e. The molecule has 25 heavy (non-hydrogen) atoms. The van der Waals surface area contributed by atoms with Gasteiger partial charge in [-0.05, 0) is 43.7 Å². The molecule has 3 rings (SSSR count).